The number of ether oxygens (including phenoxy) is 1. The van der Waals surface area contributed by atoms with Crippen molar-refractivity contribution in [2.24, 2.45) is 0 Å². The van der Waals surface area contributed by atoms with Crippen LogP contribution in [-0.2, 0) is 14.8 Å². The molecular formula is C18H28N2O4S. The van der Waals surface area contributed by atoms with Crippen molar-refractivity contribution in [3.63, 3.8) is 0 Å². The number of para-hydroxylation sites is 1. The Morgan fingerprint density at radius 2 is 1.80 bits per heavy atom. The summed E-state index contributed by atoms with van der Waals surface area (Å²) in [5, 5.41) is 2.97. The summed E-state index contributed by atoms with van der Waals surface area (Å²) < 4.78 is 30.4. The van der Waals surface area contributed by atoms with Crippen LogP contribution < -0.4 is 10.1 Å². The van der Waals surface area contributed by atoms with E-state index in [0.29, 0.717) is 31.8 Å². The lowest BCUT2D eigenvalue weighted by atomic mass is 10.0. The highest BCUT2D eigenvalue weighted by molar-refractivity contribution is 7.88. The largest absolute Gasteiger partial charge is 0.481 e. The van der Waals surface area contributed by atoms with E-state index in [9.17, 15) is 13.2 Å². The number of piperidine rings is 1. The van der Waals surface area contributed by atoms with E-state index in [-0.39, 0.29) is 11.9 Å². The number of nitrogens with one attached hydrogen (secondary N) is 1. The van der Waals surface area contributed by atoms with E-state index >= 15 is 0 Å². The monoisotopic (exact) mass is 368 g/mol. The minimum Gasteiger partial charge on any atom is -0.481 e. The fourth-order valence-corrected chi connectivity index (χ4v) is 3.83. The highest BCUT2D eigenvalue weighted by Gasteiger charge is 2.27. The third-order valence-electron chi connectivity index (χ3n) is 4.48. The summed E-state index contributed by atoms with van der Waals surface area (Å²) in [5.41, 5.74) is 1.07. The predicted molar refractivity (Wildman–Crippen MR) is 98.2 cm³/mol. The number of nitrogens with zero attached hydrogens (tertiary/aromatic N) is 1. The molecule has 1 N–H and O–H groups in total. The number of amides is 1. The third kappa shape index (κ3) is 5.44. The molecule has 1 unspecified atom stereocenters. The van der Waals surface area contributed by atoms with Gasteiger partial charge in [0.25, 0.3) is 5.91 Å². The fourth-order valence-electron chi connectivity index (χ4n) is 2.96. The summed E-state index contributed by atoms with van der Waals surface area (Å²) in [7, 11) is -3.15. The first-order chi connectivity index (χ1) is 11.7. The van der Waals surface area contributed by atoms with Gasteiger partial charge < -0.3 is 10.1 Å². The molecule has 7 heteroatoms. The molecule has 0 aromatic heterocycles. The SMILES string of the molecule is CC(Oc1ccccc1C(C)C)C(=O)NC1CCN(S(C)(=O)=O)CC1. The van der Waals surface area contributed by atoms with Gasteiger partial charge >= 0.3 is 0 Å². The van der Waals surface area contributed by atoms with Gasteiger partial charge in [0.2, 0.25) is 10.0 Å². The molecular weight excluding hydrogens is 340 g/mol. The Hall–Kier alpha value is -1.60. The predicted octanol–water partition coefficient (Wildman–Crippen LogP) is 2.12. The van der Waals surface area contributed by atoms with E-state index in [1.54, 1.807) is 6.92 Å². The Morgan fingerprint density at radius 3 is 2.36 bits per heavy atom. The number of hydrogen-bond acceptors (Lipinski definition) is 4. The average Bonchev–Trinajstić information content (AvgIpc) is 2.54. The van der Waals surface area contributed by atoms with Crippen LogP contribution in [0.25, 0.3) is 0 Å². The second-order valence-corrected chi connectivity index (χ2v) is 8.88. The molecule has 1 aliphatic heterocycles. The molecule has 1 aliphatic rings. The first-order valence-corrected chi connectivity index (χ1v) is 10.5. The van der Waals surface area contributed by atoms with Crippen molar-refractivity contribution >= 4 is 15.9 Å². The lowest BCUT2D eigenvalue weighted by Crippen LogP contribution is -2.49. The molecule has 1 fully saturated rings. The minimum atomic E-state index is -3.15. The van der Waals surface area contributed by atoms with E-state index in [1.165, 1.54) is 10.6 Å². The molecule has 0 aliphatic carbocycles. The molecule has 6 nitrogen and oxygen atoms in total. The topological polar surface area (TPSA) is 75.7 Å². The van der Waals surface area contributed by atoms with Gasteiger partial charge in [0.1, 0.15) is 5.75 Å². The second kappa shape index (κ2) is 8.19. The number of carbonyl (C=O) groups excluding carboxylic acids is 1. The van der Waals surface area contributed by atoms with Crippen LogP contribution in [-0.4, -0.2) is 50.1 Å². The lowest BCUT2D eigenvalue weighted by Gasteiger charge is -2.31. The zero-order chi connectivity index (χ0) is 18.6. The summed E-state index contributed by atoms with van der Waals surface area (Å²) in [5.74, 6) is 0.871. The van der Waals surface area contributed by atoms with Gasteiger partial charge in [-0.1, -0.05) is 32.0 Å². The molecule has 140 valence electrons. The zero-order valence-electron chi connectivity index (χ0n) is 15.4. The molecule has 25 heavy (non-hydrogen) atoms. The number of hydrogen-bond donors (Lipinski definition) is 1. The third-order valence-corrected chi connectivity index (χ3v) is 5.79. The van der Waals surface area contributed by atoms with Gasteiger partial charge in [-0.2, -0.15) is 0 Å². The van der Waals surface area contributed by atoms with Crippen molar-refractivity contribution in [2.75, 3.05) is 19.3 Å². The van der Waals surface area contributed by atoms with Gasteiger partial charge in [-0.3, -0.25) is 4.79 Å². The number of carbonyl (C=O) groups is 1. The molecule has 1 saturated heterocycles. The molecule has 1 atom stereocenters. The molecule has 0 bridgehead atoms. The molecule has 1 heterocycles. The Bertz CT molecular complexity index is 695. The second-order valence-electron chi connectivity index (χ2n) is 6.90. The van der Waals surface area contributed by atoms with Gasteiger partial charge in [-0.05, 0) is 37.3 Å². The van der Waals surface area contributed by atoms with Crippen LogP contribution >= 0.6 is 0 Å². The van der Waals surface area contributed by atoms with Gasteiger partial charge in [0.15, 0.2) is 6.10 Å². The van der Waals surface area contributed by atoms with Crippen molar-refractivity contribution < 1.29 is 17.9 Å². The van der Waals surface area contributed by atoms with Gasteiger partial charge in [0, 0.05) is 19.1 Å². The highest BCUT2D eigenvalue weighted by atomic mass is 32.2. The Labute approximate surface area is 150 Å². The quantitative estimate of drug-likeness (QED) is 0.834. The Balaban J connectivity index is 1.90. The van der Waals surface area contributed by atoms with Crippen LogP contribution in [0.2, 0.25) is 0 Å². The van der Waals surface area contributed by atoms with Crippen molar-refractivity contribution in [2.45, 2.75) is 51.7 Å². The van der Waals surface area contributed by atoms with Gasteiger partial charge in [-0.15, -0.1) is 0 Å². The minimum absolute atomic E-state index is 0.0168. The van der Waals surface area contributed by atoms with E-state index < -0.39 is 16.1 Å². The maximum Gasteiger partial charge on any atom is 0.260 e. The molecule has 0 saturated carbocycles. The van der Waals surface area contributed by atoms with Crippen molar-refractivity contribution in [3.8, 4) is 5.75 Å². The molecule has 0 radical (unpaired) electrons. The number of sulfonamides is 1. The standard InChI is InChI=1S/C18H28N2O4S/c1-13(2)16-7-5-6-8-17(16)24-14(3)18(21)19-15-9-11-20(12-10-15)25(4,22)23/h5-8,13-15H,9-12H2,1-4H3,(H,19,21). The molecule has 2 rings (SSSR count). The smallest absolute Gasteiger partial charge is 0.260 e. The van der Waals surface area contributed by atoms with Crippen LogP contribution in [0, 0.1) is 0 Å². The maximum absolute atomic E-state index is 12.4. The first-order valence-electron chi connectivity index (χ1n) is 8.69. The van der Waals surface area contributed by atoms with Crippen LogP contribution in [0.5, 0.6) is 5.75 Å². The summed E-state index contributed by atoms with van der Waals surface area (Å²) in [6, 6.07) is 7.72. The Morgan fingerprint density at radius 1 is 1.20 bits per heavy atom. The van der Waals surface area contributed by atoms with E-state index in [2.05, 4.69) is 19.2 Å². The number of rotatable bonds is 6. The van der Waals surface area contributed by atoms with Crippen molar-refractivity contribution in [1.82, 2.24) is 9.62 Å². The van der Waals surface area contributed by atoms with E-state index in [0.717, 1.165) is 11.3 Å². The average molecular weight is 368 g/mol. The van der Waals surface area contributed by atoms with Crippen molar-refractivity contribution in [3.05, 3.63) is 29.8 Å². The molecule has 0 spiro atoms. The molecule has 1 amide bonds. The van der Waals surface area contributed by atoms with Crippen molar-refractivity contribution in [1.29, 1.82) is 0 Å². The number of benzene rings is 1. The summed E-state index contributed by atoms with van der Waals surface area (Å²) in [6.45, 7) is 6.79. The van der Waals surface area contributed by atoms with Crippen LogP contribution in [0.4, 0.5) is 0 Å². The van der Waals surface area contributed by atoms with Gasteiger partial charge in [0.05, 0.1) is 6.26 Å². The lowest BCUT2D eigenvalue weighted by molar-refractivity contribution is -0.128. The summed E-state index contributed by atoms with van der Waals surface area (Å²) in [6.07, 6.45) is 1.85. The zero-order valence-corrected chi connectivity index (χ0v) is 16.2. The van der Waals surface area contributed by atoms with E-state index in [4.69, 9.17) is 4.74 Å². The summed E-state index contributed by atoms with van der Waals surface area (Å²) >= 11 is 0. The van der Waals surface area contributed by atoms with Crippen LogP contribution in [0.1, 0.15) is 45.1 Å². The van der Waals surface area contributed by atoms with Crippen LogP contribution in [0.15, 0.2) is 24.3 Å². The maximum atomic E-state index is 12.4. The normalized spacial score (nSPS) is 18.1. The molecule has 1 aromatic rings. The Kier molecular flexibility index (Phi) is 6.46. The fraction of sp³-hybridized carbons (Fsp3) is 0.611. The first kappa shape index (κ1) is 19.7. The van der Waals surface area contributed by atoms with E-state index in [1.807, 2.05) is 24.3 Å². The van der Waals surface area contributed by atoms with Gasteiger partial charge in [-0.25, -0.2) is 12.7 Å². The summed E-state index contributed by atoms with van der Waals surface area (Å²) in [4.78, 5) is 12.4. The molecule has 1 aromatic carbocycles. The highest BCUT2D eigenvalue weighted by Crippen LogP contribution is 2.26. The van der Waals surface area contributed by atoms with Crippen LogP contribution in [0.3, 0.4) is 0 Å².